The molecule has 1 aromatic carbocycles. The number of hydroxylamine groups is 2. The fourth-order valence-corrected chi connectivity index (χ4v) is 3.73. The van der Waals surface area contributed by atoms with Gasteiger partial charge in [-0.15, -0.1) is 0 Å². The van der Waals surface area contributed by atoms with E-state index < -0.39 is 0 Å². The second-order valence-corrected chi connectivity index (χ2v) is 7.01. The predicted octanol–water partition coefficient (Wildman–Crippen LogP) is 4.15. The fourth-order valence-electron chi connectivity index (χ4n) is 3.51. The minimum atomic E-state index is 0.385. The molecule has 0 radical (unpaired) electrons. The van der Waals surface area contributed by atoms with E-state index in [-0.39, 0.29) is 0 Å². The summed E-state index contributed by atoms with van der Waals surface area (Å²) in [6.07, 6.45) is 8.33. The zero-order valence-corrected chi connectivity index (χ0v) is 14.9. The van der Waals surface area contributed by atoms with Crippen molar-refractivity contribution in [1.29, 1.82) is 5.26 Å². The molecule has 0 amide bonds. The highest BCUT2D eigenvalue weighted by Crippen LogP contribution is 2.29. The molecule has 1 aliphatic heterocycles. The van der Waals surface area contributed by atoms with Crippen LogP contribution < -0.4 is 4.90 Å². The van der Waals surface area contributed by atoms with E-state index >= 15 is 0 Å². The van der Waals surface area contributed by atoms with Gasteiger partial charge in [0, 0.05) is 31.9 Å². The van der Waals surface area contributed by atoms with E-state index in [0.717, 1.165) is 31.8 Å². The second kappa shape index (κ2) is 8.02. The molecule has 0 saturated carbocycles. The Morgan fingerprint density at radius 2 is 2.29 bits per heavy atom. The minimum Gasteiger partial charge on any atom is -0.363 e. The average molecular weight is 346 g/mol. The van der Waals surface area contributed by atoms with Crippen molar-refractivity contribution < 1.29 is 4.84 Å². The van der Waals surface area contributed by atoms with Gasteiger partial charge in [0.15, 0.2) is 0 Å². The molecule has 0 spiro atoms. The number of nitrogens with zero attached hydrogens (tertiary/aromatic N) is 3. The Hall–Kier alpha value is -1.54. The number of likely N-dealkylation sites (N-methyl/N-ethyl adjacent to an activating group) is 1. The Labute approximate surface area is 149 Å². The van der Waals surface area contributed by atoms with Crippen LogP contribution in [0.25, 0.3) is 0 Å². The molecule has 1 heterocycles. The normalized spacial score (nSPS) is 21.9. The van der Waals surface area contributed by atoms with Gasteiger partial charge in [-0.1, -0.05) is 23.3 Å². The van der Waals surface area contributed by atoms with Gasteiger partial charge in [0.2, 0.25) is 0 Å². The van der Waals surface area contributed by atoms with Gasteiger partial charge in [-0.3, -0.25) is 4.84 Å². The molecule has 4 nitrogen and oxygen atoms in total. The highest BCUT2D eigenvalue weighted by molar-refractivity contribution is 6.32. The van der Waals surface area contributed by atoms with Crippen molar-refractivity contribution in [3.8, 4) is 6.07 Å². The molecule has 2 aliphatic rings. The van der Waals surface area contributed by atoms with Crippen LogP contribution in [-0.2, 0) is 4.84 Å². The standard InChI is InChI=1S/C19H24ClN3O/c1-22-14-18(9-10-24-22)23(13-15-5-3-2-4-6-15)17-8-7-16(12-21)19(20)11-17/h5,7-8,11,18H,2-4,6,9-10,13-14H2,1H3/t18-/m0/s1. The van der Waals surface area contributed by atoms with Gasteiger partial charge >= 0.3 is 0 Å². The van der Waals surface area contributed by atoms with Gasteiger partial charge in [0.25, 0.3) is 0 Å². The largest absolute Gasteiger partial charge is 0.363 e. The minimum absolute atomic E-state index is 0.385. The first-order valence-electron chi connectivity index (χ1n) is 8.65. The van der Waals surface area contributed by atoms with Crippen molar-refractivity contribution in [2.45, 2.75) is 38.1 Å². The van der Waals surface area contributed by atoms with Crippen molar-refractivity contribution in [2.24, 2.45) is 0 Å². The molecule has 0 bridgehead atoms. The van der Waals surface area contributed by atoms with E-state index in [4.69, 9.17) is 21.7 Å². The van der Waals surface area contributed by atoms with Crippen LogP contribution in [0.1, 0.15) is 37.7 Å². The number of rotatable bonds is 4. The number of anilines is 1. The summed E-state index contributed by atoms with van der Waals surface area (Å²) >= 11 is 6.29. The van der Waals surface area contributed by atoms with E-state index in [1.54, 1.807) is 0 Å². The van der Waals surface area contributed by atoms with E-state index in [2.05, 4.69) is 17.0 Å². The molecule has 0 N–H and O–H groups in total. The molecule has 0 unspecified atom stereocenters. The maximum atomic E-state index is 9.11. The third kappa shape index (κ3) is 4.10. The van der Waals surface area contributed by atoms with Gasteiger partial charge < -0.3 is 4.90 Å². The van der Waals surface area contributed by atoms with Crippen LogP contribution in [-0.4, -0.2) is 37.8 Å². The molecule has 1 saturated heterocycles. The van der Waals surface area contributed by atoms with Crippen LogP contribution in [0, 0.1) is 11.3 Å². The van der Waals surface area contributed by atoms with E-state index in [1.165, 1.54) is 31.3 Å². The van der Waals surface area contributed by atoms with Crippen LogP contribution in [0.5, 0.6) is 0 Å². The van der Waals surface area contributed by atoms with Gasteiger partial charge in [0.1, 0.15) is 6.07 Å². The van der Waals surface area contributed by atoms with Crippen molar-refractivity contribution >= 4 is 17.3 Å². The molecule has 5 heteroatoms. The van der Waals surface area contributed by atoms with E-state index in [9.17, 15) is 0 Å². The summed E-state index contributed by atoms with van der Waals surface area (Å²) < 4.78 is 0. The molecule has 3 rings (SSSR count). The summed E-state index contributed by atoms with van der Waals surface area (Å²) in [5, 5.41) is 11.6. The molecular weight excluding hydrogens is 322 g/mol. The van der Waals surface area contributed by atoms with E-state index in [0.29, 0.717) is 16.6 Å². The summed E-state index contributed by atoms with van der Waals surface area (Å²) in [6.45, 7) is 2.53. The molecule has 24 heavy (non-hydrogen) atoms. The zero-order valence-electron chi connectivity index (χ0n) is 14.2. The molecule has 1 atom stereocenters. The third-order valence-corrected chi connectivity index (χ3v) is 5.15. The summed E-state index contributed by atoms with van der Waals surface area (Å²) in [4.78, 5) is 8.00. The number of nitriles is 1. The molecule has 128 valence electrons. The van der Waals surface area contributed by atoms with Gasteiger partial charge in [-0.2, -0.15) is 10.3 Å². The number of hydrogen-bond donors (Lipinski definition) is 0. The Bertz CT molecular complexity index is 653. The maximum Gasteiger partial charge on any atom is 0.101 e. The number of benzene rings is 1. The van der Waals surface area contributed by atoms with Crippen LogP contribution in [0.15, 0.2) is 29.8 Å². The zero-order chi connectivity index (χ0) is 16.9. The molecule has 1 aliphatic carbocycles. The van der Waals surface area contributed by atoms with Gasteiger partial charge in [-0.05, 0) is 50.3 Å². The Kier molecular flexibility index (Phi) is 5.78. The fraction of sp³-hybridized carbons (Fsp3) is 0.526. The van der Waals surface area contributed by atoms with Crippen LogP contribution >= 0.6 is 11.6 Å². The topological polar surface area (TPSA) is 39.5 Å². The number of hydrogen-bond acceptors (Lipinski definition) is 4. The highest BCUT2D eigenvalue weighted by Gasteiger charge is 2.26. The lowest BCUT2D eigenvalue weighted by atomic mass is 9.98. The molecule has 1 aromatic rings. The Morgan fingerprint density at radius 1 is 1.42 bits per heavy atom. The summed E-state index contributed by atoms with van der Waals surface area (Å²) in [7, 11) is 1.98. The van der Waals surface area contributed by atoms with Crippen molar-refractivity contribution in [2.75, 3.05) is 31.6 Å². The predicted molar refractivity (Wildman–Crippen MR) is 97.1 cm³/mol. The smallest absolute Gasteiger partial charge is 0.101 e. The van der Waals surface area contributed by atoms with Crippen molar-refractivity contribution in [3.63, 3.8) is 0 Å². The third-order valence-electron chi connectivity index (χ3n) is 4.83. The SMILES string of the molecule is CN1C[C@@H](N(CC2=CCCCC2)c2ccc(C#N)c(Cl)c2)CCO1. The van der Waals surface area contributed by atoms with Crippen molar-refractivity contribution in [3.05, 3.63) is 40.4 Å². The maximum absolute atomic E-state index is 9.11. The lowest BCUT2D eigenvalue weighted by molar-refractivity contribution is -0.166. The number of halogens is 1. The van der Waals surface area contributed by atoms with Crippen molar-refractivity contribution in [1.82, 2.24) is 5.06 Å². The lowest BCUT2D eigenvalue weighted by Gasteiger charge is -2.40. The first-order chi connectivity index (χ1) is 11.7. The Balaban J connectivity index is 1.87. The lowest BCUT2D eigenvalue weighted by Crippen LogP contribution is -2.48. The van der Waals surface area contributed by atoms with Gasteiger partial charge in [-0.25, -0.2) is 0 Å². The Morgan fingerprint density at radius 3 is 2.96 bits per heavy atom. The quantitative estimate of drug-likeness (QED) is 0.768. The second-order valence-electron chi connectivity index (χ2n) is 6.60. The van der Waals surface area contributed by atoms with Crippen LogP contribution in [0.2, 0.25) is 5.02 Å². The van der Waals surface area contributed by atoms with Crippen LogP contribution in [0.4, 0.5) is 5.69 Å². The van der Waals surface area contributed by atoms with Crippen LogP contribution in [0.3, 0.4) is 0 Å². The first-order valence-corrected chi connectivity index (χ1v) is 9.03. The number of allylic oxidation sites excluding steroid dienone is 1. The molecule has 1 fully saturated rings. The highest BCUT2D eigenvalue weighted by atomic mass is 35.5. The monoisotopic (exact) mass is 345 g/mol. The van der Waals surface area contributed by atoms with Gasteiger partial charge in [0.05, 0.1) is 17.2 Å². The molecular formula is C19H24ClN3O. The molecule has 0 aromatic heterocycles. The summed E-state index contributed by atoms with van der Waals surface area (Å²) in [6, 6.07) is 8.29. The first kappa shape index (κ1) is 17.3. The average Bonchev–Trinajstić information content (AvgIpc) is 2.60. The summed E-state index contributed by atoms with van der Waals surface area (Å²) in [5.41, 5.74) is 3.13. The van der Waals surface area contributed by atoms with E-state index in [1.807, 2.05) is 30.3 Å². The summed E-state index contributed by atoms with van der Waals surface area (Å²) in [5.74, 6) is 0.